The minimum atomic E-state index is -0.478. The zero-order valence-electron chi connectivity index (χ0n) is 14.8. The maximum absolute atomic E-state index is 11.9. The Morgan fingerprint density at radius 2 is 2.04 bits per heavy atom. The fourth-order valence-electron chi connectivity index (χ4n) is 2.41. The van der Waals surface area contributed by atoms with Crippen molar-refractivity contribution in [3.63, 3.8) is 0 Å². The van der Waals surface area contributed by atoms with Gasteiger partial charge in [-0.2, -0.15) is 0 Å². The smallest absolute Gasteiger partial charge is 0.356 e. The van der Waals surface area contributed by atoms with E-state index in [0.717, 1.165) is 18.5 Å². The molecule has 1 fully saturated rings. The Bertz CT molecular complexity index is 585. The zero-order valence-corrected chi connectivity index (χ0v) is 14.8. The van der Waals surface area contributed by atoms with Gasteiger partial charge in [0.1, 0.15) is 11.3 Å². The average Bonchev–Trinajstić information content (AvgIpc) is 3.05. The number of rotatable bonds is 8. The normalized spacial score (nSPS) is 15.7. The number of aromatic amines is 1. The molecule has 0 saturated heterocycles. The summed E-state index contributed by atoms with van der Waals surface area (Å²) in [5, 5.41) is 6.53. The first-order valence-corrected chi connectivity index (χ1v) is 8.30. The van der Waals surface area contributed by atoms with Crippen molar-refractivity contribution >= 4 is 17.6 Å². The molecule has 1 saturated carbocycles. The molecule has 0 unspecified atom stereocenters. The van der Waals surface area contributed by atoms with E-state index in [2.05, 4.69) is 15.6 Å². The van der Waals surface area contributed by atoms with Gasteiger partial charge in [0.05, 0.1) is 24.4 Å². The monoisotopic (exact) mass is 337 g/mol. The van der Waals surface area contributed by atoms with Crippen molar-refractivity contribution in [1.82, 2.24) is 10.3 Å². The van der Waals surface area contributed by atoms with E-state index in [0.29, 0.717) is 18.8 Å². The van der Waals surface area contributed by atoms with Gasteiger partial charge in [-0.15, -0.1) is 0 Å². The molecular formula is C17H27N3O4. The molecular weight excluding hydrogens is 310 g/mol. The largest absolute Gasteiger partial charge is 0.461 e. The van der Waals surface area contributed by atoms with Crippen LogP contribution in [0.2, 0.25) is 0 Å². The van der Waals surface area contributed by atoms with E-state index >= 15 is 0 Å². The number of H-pyrrole nitrogens is 1. The van der Waals surface area contributed by atoms with Crippen LogP contribution < -0.4 is 10.6 Å². The van der Waals surface area contributed by atoms with Crippen molar-refractivity contribution in [2.24, 2.45) is 0 Å². The van der Waals surface area contributed by atoms with E-state index in [1.165, 1.54) is 0 Å². The van der Waals surface area contributed by atoms with Gasteiger partial charge in [-0.3, -0.25) is 4.79 Å². The molecule has 1 aliphatic rings. The lowest BCUT2D eigenvalue weighted by atomic mass is 10.2. The van der Waals surface area contributed by atoms with Crippen molar-refractivity contribution in [1.29, 1.82) is 0 Å². The van der Waals surface area contributed by atoms with Crippen LogP contribution in [0.4, 0.5) is 5.69 Å². The summed E-state index contributed by atoms with van der Waals surface area (Å²) >= 11 is 0. The van der Waals surface area contributed by atoms with E-state index in [1.54, 1.807) is 13.1 Å². The topological polar surface area (TPSA) is 92.5 Å². The van der Waals surface area contributed by atoms with Crippen LogP contribution in [0.15, 0.2) is 12.3 Å². The number of hydrogen-bond acceptors (Lipinski definition) is 6. The third kappa shape index (κ3) is 5.26. The number of hydrogen-bond donors (Lipinski definition) is 3. The number of ether oxygens (including phenoxy) is 2. The molecule has 7 nitrogen and oxygen atoms in total. The van der Waals surface area contributed by atoms with Crippen LogP contribution in [-0.2, 0) is 14.3 Å². The highest BCUT2D eigenvalue weighted by molar-refractivity contribution is 5.94. The van der Waals surface area contributed by atoms with Gasteiger partial charge >= 0.3 is 11.9 Å². The molecule has 0 radical (unpaired) electrons. The molecule has 1 aromatic heterocycles. The van der Waals surface area contributed by atoms with Gasteiger partial charge in [0.15, 0.2) is 0 Å². The van der Waals surface area contributed by atoms with Gasteiger partial charge in [0.2, 0.25) is 0 Å². The average molecular weight is 337 g/mol. The van der Waals surface area contributed by atoms with Gasteiger partial charge in [0, 0.05) is 12.7 Å². The highest BCUT2D eigenvalue weighted by atomic mass is 16.6. The molecule has 1 aliphatic carbocycles. The van der Waals surface area contributed by atoms with Crippen LogP contribution in [0.5, 0.6) is 0 Å². The molecule has 3 N–H and O–H groups in total. The van der Waals surface area contributed by atoms with Crippen LogP contribution in [0.3, 0.4) is 0 Å². The Labute approximate surface area is 142 Å². The molecule has 0 bridgehead atoms. The fourth-order valence-corrected chi connectivity index (χ4v) is 2.41. The number of anilines is 1. The molecule has 0 atom stereocenters. The molecule has 0 aliphatic heterocycles. The summed E-state index contributed by atoms with van der Waals surface area (Å²) in [6.07, 6.45) is 3.66. The first-order chi connectivity index (χ1) is 11.2. The second kappa shape index (κ2) is 7.25. The summed E-state index contributed by atoms with van der Waals surface area (Å²) in [7, 11) is 0. The number of aromatic nitrogens is 1. The third-order valence-electron chi connectivity index (χ3n) is 3.63. The molecule has 134 valence electrons. The molecule has 0 spiro atoms. The van der Waals surface area contributed by atoms with Gasteiger partial charge in [-0.05, 0) is 46.6 Å². The van der Waals surface area contributed by atoms with Crippen molar-refractivity contribution in [2.75, 3.05) is 25.0 Å². The quantitative estimate of drug-likeness (QED) is 0.629. The Balaban J connectivity index is 1.84. The van der Waals surface area contributed by atoms with Crippen LogP contribution in [0.25, 0.3) is 0 Å². The first kappa shape index (κ1) is 18.3. The second-order valence-electron chi connectivity index (χ2n) is 7.08. The Kier molecular flexibility index (Phi) is 5.54. The SMILES string of the molecule is CCOC(=O)c1[nH]ccc1NC1(CNCC(=O)OC(C)(C)C)CC1. The highest BCUT2D eigenvalue weighted by Gasteiger charge is 2.43. The van der Waals surface area contributed by atoms with E-state index in [9.17, 15) is 9.59 Å². The fraction of sp³-hybridized carbons (Fsp3) is 0.647. The zero-order chi connectivity index (χ0) is 17.8. The minimum Gasteiger partial charge on any atom is -0.461 e. The molecule has 1 aromatic rings. The number of nitrogens with one attached hydrogen (secondary N) is 3. The molecule has 7 heteroatoms. The molecule has 0 aromatic carbocycles. The number of carbonyl (C=O) groups is 2. The minimum absolute atomic E-state index is 0.133. The predicted molar refractivity (Wildman–Crippen MR) is 91.1 cm³/mol. The van der Waals surface area contributed by atoms with Gasteiger partial charge in [-0.25, -0.2) is 4.79 Å². The molecule has 2 rings (SSSR count). The molecule has 24 heavy (non-hydrogen) atoms. The van der Waals surface area contributed by atoms with Crippen LogP contribution in [0.1, 0.15) is 51.0 Å². The van der Waals surface area contributed by atoms with Crippen LogP contribution >= 0.6 is 0 Å². The first-order valence-electron chi connectivity index (χ1n) is 8.30. The summed E-state index contributed by atoms with van der Waals surface area (Å²) in [6, 6.07) is 1.82. The van der Waals surface area contributed by atoms with Crippen molar-refractivity contribution in [3.05, 3.63) is 18.0 Å². The Morgan fingerprint density at radius 1 is 1.33 bits per heavy atom. The lowest BCUT2D eigenvalue weighted by Crippen LogP contribution is -2.39. The van der Waals surface area contributed by atoms with Crippen molar-refractivity contribution in [3.8, 4) is 0 Å². The standard InChI is InChI=1S/C17H27N3O4/c1-5-23-15(22)14-12(6-9-19-14)20-17(7-8-17)11-18-10-13(21)24-16(2,3)4/h6,9,18-20H,5,7-8,10-11H2,1-4H3. The van der Waals surface area contributed by atoms with E-state index < -0.39 is 5.60 Å². The van der Waals surface area contributed by atoms with Crippen LogP contribution in [0, 0.1) is 0 Å². The highest BCUT2D eigenvalue weighted by Crippen LogP contribution is 2.39. The third-order valence-corrected chi connectivity index (χ3v) is 3.63. The summed E-state index contributed by atoms with van der Waals surface area (Å²) in [6.45, 7) is 8.43. The Hall–Kier alpha value is -2.02. The van der Waals surface area contributed by atoms with Crippen molar-refractivity contribution < 1.29 is 19.1 Å². The summed E-state index contributed by atoms with van der Waals surface area (Å²) in [4.78, 5) is 26.5. The number of esters is 2. The Morgan fingerprint density at radius 3 is 2.62 bits per heavy atom. The predicted octanol–water partition coefficient (Wildman–Crippen LogP) is 2.07. The van der Waals surface area contributed by atoms with Crippen LogP contribution in [-0.4, -0.2) is 47.8 Å². The van der Waals surface area contributed by atoms with E-state index in [4.69, 9.17) is 9.47 Å². The second-order valence-corrected chi connectivity index (χ2v) is 7.08. The van der Waals surface area contributed by atoms with E-state index in [1.807, 2.05) is 26.8 Å². The van der Waals surface area contributed by atoms with Crippen molar-refractivity contribution in [2.45, 2.75) is 51.7 Å². The van der Waals surface area contributed by atoms with Gasteiger partial charge < -0.3 is 25.1 Å². The van der Waals surface area contributed by atoms with E-state index in [-0.39, 0.29) is 24.0 Å². The lowest BCUT2D eigenvalue weighted by molar-refractivity contribution is -0.153. The number of carbonyl (C=O) groups excluding carboxylic acids is 2. The van der Waals surface area contributed by atoms with Gasteiger partial charge in [0.25, 0.3) is 0 Å². The van der Waals surface area contributed by atoms with Gasteiger partial charge in [-0.1, -0.05) is 0 Å². The molecule has 0 amide bonds. The summed E-state index contributed by atoms with van der Waals surface area (Å²) in [5.74, 6) is -0.644. The summed E-state index contributed by atoms with van der Waals surface area (Å²) in [5.41, 5.74) is 0.541. The summed E-state index contributed by atoms with van der Waals surface area (Å²) < 4.78 is 10.3. The molecule has 1 heterocycles. The maximum atomic E-state index is 11.9. The lowest BCUT2D eigenvalue weighted by Gasteiger charge is -2.21. The maximum Gasteiger partial charge on any atom is 0.356 e.